The molecule has 15 heavy (non-hydrogen) atoms. The van der Waals surface area contributed by atoms with Crippen molar-refractivity contribution < 1.29 is 9.90 Å². The minimum absolute atomic E-state index is 0.576. The predicted octanol–water partition coefficient (Wildman–Crippen LogP) is 2.33. The van der Waals surface area contributed by atoms with Crippen LogP contribution < -0.4 is 5.32 Å². The maximum atomic E-state index is 11.4. The van der Waals surface area contributed by atoms with Gasteiger partial charge < -0.3 is 5.11 Å². The van der Waals surface area contributed by atoms with Crippen LogP contribution in [0.3, 0.4) is 0 Å². The molecule has 86 valence electrons. The Kier molecular flexibility index (Phi) is 4.82. The maximum absolute atomic E-state index is 11.4. The summed E-state index contributed by atoms with van der Waals surface area (Å²) in [6.07, 6.45) is 8.80. The zero-order valence-corrected chi connectivity index (χ0v) is 9.30. The van der Waals surface area contributed by atoms with Gasteiger partial charge in [0.1, 0.15) is 5.54 Å². The van der Waals surface area contributed by atoms with Gasteiger partial charge in [0.2, 0.25) is 0 Å². The summed E-state index contributed by atoms with van der Waals surface area (Å²) in [7, 11) is 0. The standard InChI is InChI=1S/C12H21NO2/c1-2-10-13-12(11(14)15)8-6-4-3-5-7-9-12/h2,13H,1,3-10H2,(H,14,15). The van der Waals surface area contributed by atoms with E-state index in [1.807, 2.05) is 0 Å². The summed E-state index contributed by atoms with van der Waals surface area (Å²) in [6, 6.07) is 0. The SMILES string of the molecule is C=CCNC1(C(=O)O)CCCCCCC1. The number of aliphatic carboxylic acids is 1. The smallest absolute Gasteiger partial charge is 0.323 e. The first kappa shape index (κ1) is 12.2. The molecule has 2 N–H and O–H groups in total. The van der Waals surface area contributed by atoms with Crippen LogP contribution in [0.15, 0.2) is 12.7 Å². The molecule has 0 radical (unpaired) electrons. The van der Waals surface area contributed by atoms with Crippen LogP contribution in [0.25, 0.3) is 0 Å². The molecule has 0 unspecified atom stereocenters. The Morgan fingerprint density at radius 3 is 2.27 bits per heavy atom. The van der Waals surface area contributed by atoms with E-state index in [9.17, 15) is 9.90 Å². The van der Waals surface area contributed by atoms with Gasteiger partial charge in [0, 0.05) is 6.54 Å². The topological polar surface area (TPSA) is 49.3 Å². The fourth-order valence-electron chi connectivity index (χ4n) is 2.24. The predicted molar refractivity (Wildman–Crippen MR) is 60.9 cm³/mol. The highest BCUT2D eigenvalue weighted by Crippen LogP contribution is 2.26. The first-order chi connectivity index (χ1) is 7.21. The van der Waals surface area contributed by atoms with E-state index in [1.54, 1.807) is 6.08 Å². The lowest BCUT2D eigenvalue weighted by Gasteiger charge is -2.32. The molecule has 0 aliphatic heterocycles. The van der Waals surface area contributed by atoms with Crippen LogP contribution in [-0.2, 0) is 4.79 Å². The van der Waals surface area contributed by atoms with Crippen LogP contribution in [-0.4, -0.2) is 23.2 Å². The Morgan fingerprint density at radius 1 is 1.27 bits per heavy atom. The third-order valence-electron chi connectivity index (χ3n) is 3.20. The van der Waals surface area contributed by atoms with Crippen molar-refractivity contribution in [2.24, 2.45) is 0 Å². The number of carboxylic acid groups (broad SMARTS) is 1. The summed E-state index contributed by atoms with van der Waals surface area (Å²) in [5, 5.41) is 12.5. The van der Waals surface area contributed by atoms with Gasteiger partial charge in [-0.05, 0) is 12.8 Å². The Bertz CT molecular complexity index is 218. The summed E-state index contributed by atoms with van der Waals surface area (Å²) in [5.41, 5.74) is -0.700. The molecule has 0 aromatic heterocycles. The van der Waals surface area contributed by atoms with Gasteiger partial charge in [-0.1, -0.05) is 38.2 Å². The van der Waals surface area contributed by atoms with E-state index in [-0.39, 0.29) is 0 Å². The van der Waals surface area contributed by atoms with Gasteiger partial charge in [-0.3, -0.25) is 10.1 Å². The normalized spacial score (nSPS) is 21.3. The first-order valence-corrected chi connectivity index (χ1v) is 5.80. The van der Waals surface area contributed by atoms with Crippen LogP contribution in [0.5, 0.6) is 0 Å². The Labute approximate surface area is 91.6 Å². The number of hydrogen-bond acceptors (Lipinski definition) is 2. The summed E-state index contributed by atoms with van der Waals surface area (Å²) < 4.78 is 0. The average Bonchev–Trinajstić information content (AvgIpc) is 2.16. The number of rotatable bonds is 4. The number of nitrogens with one attached hydrogen (secondary N) is 1. The molecule has 1 aliphatic carbocycles. The molecule has 0 amide bonds. The second-order valence-corrected chi connectivity index (χ2v) is 4.32. The van der Waals surface area contributed by atoms with Gasteiger partial charge in [0.15, 0.2) is 0 Å². The molecule has 0 saturated heterocycles. The molecule has 0 atom stereocenters. The monoisotopic (exact) mass is 211 g/mol. The quantitative estimate of drug-likeness (QED) is 0.702. The highest BCUT2D eigenvalue weighted by molar-refractivity contribution is 5.78. The van der Waals surface area contributed by atoms with E-state index >= 15 is 0 Å². The lowest BCUT2D eigenvalue weighted by atomic mass is 9.84. The molecule has 0 bridgehead atoms. The van der Waals surface area contributed by atoms with Crippen molar-refractivity contribution in [3.63, 3.8) is 0 Å². The number of carbonyl (C=O) groups is 1. The van der Waals surface area contributed by atoms with E-state index < -0.39 is 11.5 Å². The molecule has 1 saturated carbocycles. The summed E-state index contributed by atoms with van der Waals surface area (Å²) in [4.78, 5) is 11.4. The van der Waals surface area contributed by atoms with Crippen LogP contribution in [0.2, 0.25) is 0 Å². The molecule has 3 heteroatoms. The Balaban J connectivity index is 2.66. The zero-order chi connectivity index (χ0) is 11.1. The van der Waals surface area contributed by atoms with Crippen LogP contribution in [0.4, 0.5) is 0 Å². The van der Waals surface area contributed by atoms with Gasteiger partial charge in [0.05, 0.1) is 0 Å². The van der Waals surface area contributed by atoms with Gasteiger partial charge in [-0.2, -0.15) is 0 Å². The van der Waals surface area contributed by atoms with Crippen molar-refractivity contribution in [1.29, 1.82) is 0 Å². The van der Waals surface area contributed by atoms with Crippen molar-refractivity contribution in [3.05, 3.63) is 12.7 Å². The molecule has 0 aromatic rings. The van der Waals surface area contributed by atoms with Gasteiger partial charge in [-0.25, -0.2) is 0 Å². The number of carboxylic acids is 1. The van der Waals surface area contributed by atoms with E-state index in [1.165, 1.54) is 6.42 Å². The summed E-state index contributed by atoms with van der Waals surface area (Å²) in [5.74, 6) is -0.703. The summed E-state index contributed by atoms with van der Waals surface area (Å²) in [6.45, 7) is 4.20. The van der Waals surface area contributed by atoms with E-state index in [0.717, 1.165) is 38.5 Å². The van der Waals surface area contributed by atoms with Crippen molar-refractivity contribution in [3.8, 4) is 0 Å². The van der Waals surface area contributed by atoms with Crippen LogP contribution in [0, 0.1) is 0 Å². The van der Waals surface area contributed by atoms with E-state index in [2.05, 4.69) is 11.9 Å². The molecule has 1 rings (SSSR count). The average molecular weight is 211 g/mol. The van der Waals surface area contributed by atoms with Gasteiger partial charge in [0.25, 0.3) is 0 Å². The molecule has 1 aliphatic rings. The van der Waals surface area contributed by atoms with Crippen LogP contribution in [0.1, 0.15) is 44.9 Å². The third-order valence-corrected chi connectivity index (χ3v) is 3.20. The van der Waals surface area contributed by atoms with Crippen molar-refractivity contribution >= 4 is 5.97 Å². The molecular formula is C12H21NO2. The zero-order valence-electron chi connectivity index (χ0n) is 9.30. The molecule has 0 aromatic carbocycles. The molecule has 0 spiro atoms. The molecule has 0 heterocycles. The van der Waals surface area contributed by atoms with E-state index in [0.29, 0.717) is 6.54 Å². The Hall–Kier alpha value is -0.830. The largest absolute Gasteiger partial charge is 0.480 e. The fraction of sp³-hybridized carbons (Fsp3) is 0.750. The minimum atomic E-state index is -0.703. The lowest BCUT2D eigenvalue weighted by Crippen LogP contribution is -2.52. The van der Waals surface area contributed by atoms with Gasteiger partial charge in [-0.15, -0.1) is 6.58 Å². The Morgan fingerprint density at radius 2 is 1.80 bits per heavy atom. The highest BCUT2D eigenvalue weighted by atomic mass is 16.4. The van der Waals surface area contributed by atoms with Crippen molar-refractivity contribution in [1.82, 2.24) is 5.32 Å². The molecule has 1 fully saturated rings. The second-order valence-electron chi connectivity index (χ2n) is 4.32. The van der Waals surface area contributed by atoms with Crippen molar-refractivity contribution in [2.75, 3.05) is 6.54 Å². The number of hydrogen-bond donors (Lipinski definition) is 2. The third kappa shape index (κ3) is 3.34. The maximum Gasteiger partial charge on any atom is 0.323 e. The van der Waals surface area contributed by atoms with Crippen LogP contribution >= 0.6 is 0 Å². The second kappa shape index (κ2) is 5.91. The van der Waals surface area contributed by atoms with E-state index in [4.69, 9.17) is 0 Å². The highest BCUT2D eigenvalue weighted by Gasteiger charge is 2.36. The van der Waals surface area contributed by atoms with Gasteiger partial charge >= 0.3 is 5.97 Å². The minimum Gasteiger partial charge on any atom is -0.480 e. The summed E-state index contributed by atoms with van der Waals surface area (Å²) >= 11 is 0. The lowest BCUT2D eigenvalue weighted by molar-refractivity contribution is -0.145. The van der Waals surface area contributed by atoms with Crippen molar-refractivity contribution in [2.45, 2.75) is 50.5 Å². The molecular weight excluding hydrogens is 190 g/mol. The fourth-order valence-corrected chi connectivity index (χ4v) is 2.24. The first-order valence-electron chi connectivity index (χ1n) is 5.80. The molecule has 3 nitrogen and oxygen atoms in total.